The SMILES string of the molecule is CCOCCC1(C(=O)NCC(C(=O)O)c2ccccc2)CCCC1. The molecule has 1 atom stereocenters. The van der Waals surface area contributed by atoms with E-state index in [1.165, 1.54) is 0 Å². The summed E-state index contributed by atoms with van der Waals surface area (Å²) in [6.07, 6.45) is 4.50. The van der Waals surface area contributed by atoms with Gasteiger partial charge in [0, 0.05) is 19.8 Å². The number of amides is 1. The molecule has 0 radical (unpaired) electrons. The zero-order chi connectivity index (χ0) is 17.4. The monoisotopic (exact) mass is 333 g/mol. The molecule has 1 aliphatic carbocycles. The van der Waals surface area contributed by atoms with Crippen molar-refractivity contribution >= 4 is 11.9 Å². The highest BCUT2D eigenvalue weighted by Gasteiger charge is 2.40. The van der Waals surface area contributed by atoms with Gasteiger partial charge < -0.3 is 15.2 Å². The van der Waals surface area contributed by atoms with Gasteiger partial charge in [0.25, 0.3) is 0 Å². The Balaban J connectivity index is 1.99. The molecule has 1 amide bonds. The summed E-state index contributed by atoms with van der Waals surface area (Å²) in [6.45, 7) is 3.28. The van der Waals surface area contributed by atoms with Crippen LogP contribution in [0.15, 0.2) is 30.3 Å². The standard InChI is InChI=1S/C19H27NO4/c1-2-24-13-12-19(10-6-7-11-19)18(23)20-14-16(17(21)22)15-8-4-3-5-9-15/h3-5,8-9,16H,2,6-7,10-14H2,1H3,(H,20,23)(H,21,22). The van der Waals surface area contributed by atoms with Gasteiger partial charge in [-0.1, -0.05) is 43.2 Å². The largest absolute Gasteiger partial charge is 0.481 e. The van der Waals surface area contributed by atoms with Gasteiger partial charge in [0.05, 0.1) is 11.3 Å². The molecular weight excluding hydrogens is 306 g/mol. The van der Waals surface area contributed by atoms with Gasteiger partial charge in [-0.15, -0.1) is 0 Å². The number of ether oxygens (including phenoxy) is 1. The van der Waals surface area contributed by atoms with Crippen molar-refractivity contribution in [3.63, 3.8) is 0 Å². The summed E-state index contributed by atoms with van der Waals surface area (Å²) in [5, 5.41) is 12.4. The van der Waals surface area contributed by atoms with E-state index in [4.69, 9.17) is 4.74 Å². The van der Waals surface area contributed by atoms with E-state index in [1.807, 2.05) is 25.1 Å². The van der Waals surface area contributed by atoms with Gasteiger partial charge in [-0.05, 0) is 31.7 Å². The Kier molecular flexibility index (Phi) is 6.79. The molecule has 1 fully saturated rings. The number of benzene rings is 1. The van der Waals surface area contributed by atoms with Crippen molar-refractivity contribution in [1.82, 2.24) is 5.32 Å². The van der Waals surface area contributed by atoms with E-state index in [0.29, 0.717) is 25.2 Å². The summed E-state index contributed by atoms with van der Waals surface area (Å²) in [5.74, 6) is -1.67. The Labute approximate surface area is 143 Å². The predicted octanol–water partition coefficient (Wildman–Crippen LogP) is 2.96. The van der Waals surface area contributed by atoms with E-state index in [-0.39, 0.29) is 12.5 Å². The van der Waals surface area contributed by atoms with Crippen molar-refractivity contribution in [2.75, 3.05) is 19.8 Å². The molecule has 0 saturated heterocycles. The van der Waals surface area contributed by atoms with Gasteiger partial charge in [0.15, 0.2) is 0 Å². The highest BCUT2D eigenvalue weighted by atomic mass is 16.5. The zero-order valence-corrected chi connectivity index (χ0v) is 14.3. The van der Waals surface area contributed by atoms with Gasteiger partial charge in [0.2, 0.25) is 5.91 Å². The van der Waals surface area contributed by atoms with Gasteiger partial charge in [-0.2, -0.15) is 0 Å². The maximum Gasteiger partial charge on any atom is 0.312 e. The molecule has 5 heteroatoms. The lowest BCUT2D eigenvalue weighted by atomic mass is 9.81. The number of hydrogen-bond acceptors (Lipinski definition) is 3. The summed E-state index contributed by atoms with van der Waals surface area (Å²) >= 11 is 0. The molecule has 2 rings (SSSR count). The van der Waals surface area contributed by atoms with Crippen molar-refractivity contribution in [1.29, 1.82) is 0 Å². The van der Waals surface area contributed by atoms with Crippen molar-refractivity contribution in [3.8, 4) is 0 Å². The summed E-state index contributed by atoms with van der Waals surface area (Å²) < 4.78 is 5.43. The van der Waals surface area contributed by atoms with Crippen LogP contribution in [-0.2, 0) is 14.3 Å². The summed E-state index contributed by atoms with van der Waals surface area (Å²) in [4.78, 5) is 24.3. The summed E-state index contributed by atoms with van der Waals surface area (Å²) in [7, 11) is 0. The Bertz CT molecular complexity index is 538. The molecule has 0 bridgehead atoms. The molecule has 1 aromatic carbocycles. The number of carboxylic acids is 1. The molecule has 5 nitrogen and oxygen atoms in total. The maximum absolute atomic E-state index is 12.8. The van der Waals surface area contributed by atoms with Crippen LogP contribution in [0.1, 0.15) is 50.5 Å². The van der Waals surface area contributed by atoms with Crippen LogP contribution in [0.2, 0.25) is 0 Å². The second-order valence-corrected chi connectivity index (χ2v) is 6.45. The molecule has 1 aliphatic rings. The third kappa shape index (κ3) is 4.57. The Morgan fingerprint density at radius 2 is 1.92 bits per heavy atom. The molecule has 1 saturated carbocycles. The first-order chi connectivity index (χ1) is 11.6. The van der Waals surface area contributed by atoms with Gasteiger partial charge >= 0.3 is 5.97 Å². The normalized spacial score (nSPS) is 17.4. The predicted molar refractivity (Wildman–Crippen MR) is 91.8 cm³/mol. The fourth-order valence-electron chi connectivity index (χ4n) is 3.47. The third-order valence-corrected chi connectivity index (χ3v) is 4.94. The first kappa shape index (κ1) is 18.5. The molecule has 0 aliphatic heterocycles. The number of carboxylic acid groups (broad SMARTS) is 1. The minimum Gasteiger partial charge on any atom is -0.481 e. The maximum atomic E-state index is 12.8. The van der Waals surface area contributed by atoms with Gasteiger partial charge in [-0.3, -0.25) is 9.59 Å². The Morgan fingerprint density at radius 3 is 2.50 bits per heavy atom. The van der Waals surface area contributed by atoms with Crippen LogP contribution in [-0.4, -0.2) is 36.7 Å². The lowest BCUT2D eigenvalue weighted by Gasteiger charge is -2.28. The highest BCUT2D eigenvalue weighted by molar-refractivity contribution is 5.84. The lowest BCUT2D eigenvalue weighted by molar-refractivity contribution is -0.139. The van der Waals surface area contributed by atoms with Crippen LogP contribution in [0, 0.1) is 5.41 Å². The average molecular weight is 333 g/mol. The minimum absolute atomic E-state index is 0.0260. The first-order valence-electron chi connectivity index (χ1n) is 8.73. The molecule has 1 aromatic rings. The third-order valence-electron chi connectivity index (χ3n) is 4.94. The van der Waals surface area contributed by atoms with E-state index in [1.54, 1.807) is 12.1 Å². The summed E-state index contributed by atoms with van der Waals surface area (Å²) in [6, 6.07) is 9.04. The van der Waals surface area contributed by atoms with Crippen LogP contribution >= 0.6 is 0 Å². The van der Waals surface area contributed by atoms with Crippen molar-refractivity contribution in [2.24, 2.45) is 5.41 Å². The van der Waals surface area contributed by atoms with Crippen LogP contribution in [0.4, 0.5) is 0 Å². The second-order valence-electron chi connectivity index (χ2n) is 6.45. The van der Waals surface area contributed by atoms with Crippen LogP contribution in [0.5, 0.6) is 0 Å². The Morgan fingerprint density at radius 1 is 1.25 bits per heavy atom. The summed E-state index contributed by atoms with van der Waals surface area (Å²) in [5.41, 5.74) is 0.314. The molecule has 0 heterocycles. The number of hydrogen-bond donors (Lipinski definition) is 2. The molecule has 2 N–H and O–H groups in total. The number of rotatable bonds is 9. The molecule has 132 valence electrons. The van der Waals surface area contributed by atoms with E-state index < -0.39 is 17.3 Å². The number of carbonyl (C=O) groups excluding carboxylic acids is 1. The van der Waals surface area contributed by atoms with Gasteiger partial charge in [0.1, 0.15) is 0 Å². The number of nitrogens with one attached hydrogen (secondary N) is 1. The van der Waals surface area contributed by atoms with Crippen molar-refractivity contribution in [2.45, 2.75) is 44.9 Å². The molecule has 24 heavy (non-hydrogen) atoms. The van der Waals surface area contributed by atoms with E-state index in [9.17, 15) is 14.7 Å². The van der Waals surface area contributed by atoms with E-state index >= 15 is 0 Å². The van der Waals surface area contributed by atoms with Crippen LogP contribution < -0.4 is 5.32 Å². The number of carbonyl (C=O) groups is 2. The first-order valence-corrected chi connectivity index (χ1v) is 8.73. The topological polar surface area (TPSA) is 75.6 Å². The number of aliphatic carboxylic acids is 1. The van der Waals surface area contributed by atoms with Crippen LogP contribution in [0.25, 0.3) is 0 Å². The van der Waals surface area contributed by atoms with Crippen LogP contribution in [0.3, 0.4) is 0 Å². The lowest BCUT2D eigenvalue weighted by Crippen LogP contribution is -2.42. The molecular formula is C19H27NO4. The second kappa shape index (κ2) is 8.83. The molecule has 0 aromatic heterocycles. The fraction of sp³-hybridized carbons (Fsp3) is 0.579. The van der Waals surface area contributed by atoms with Crippen molar-refractivity contribution < 1.29 is 19.4 Å². The molecule has 0 spiro atoms. The average Bonchev–Trinajstić information content (AvgIpc) is 3.06. The Hall–Kier alpha value is -1.88. The van der Waals surface area contributed by atoms with Crippen molar-refractivity contribution in [3.05, 3.63) is 35.9 Å². The fourth-order valence-corrected chi connectivity index (χ4v) is 3.47. The van der Waals surface area contributed by atoms with Gasteiger partial charge in [-0.25, -0.2) is 0 Å². The minimum atomic E-state index is -0.920. The quantitative estimate of drug-likeness (QED) is 0.681. The smallest absolute Gasteiger partial charge is 0.312 e. The zero-order valence-electron chi connectivity index (χ0n) is 14.3. The molecule has 1 unspecified atom stereocenters. The van der Waals surface area contributed by atoms with E-state index in [2.05, 4.69) is 5.32 Å². The highest BCUT2D eigenvalue weighted by Crippen LogP contribution is 2.41. The van der Waals surface area contributed by atoms with E-state index in [0.717, 1.165) is 25.7 Å².